The maximum Gasteiger partial charge on any atom is 0.326 e. The van der Waals surface area contributed by atoms with Crippen molar-refractivity contribution in [3.8, 4) is 0 Å². The number of rotatable bonds is 3. The van der Waals surface area contributed by atoms with E-state index in [-0.39, 0.29) is 12.5 Å². The summed E-state index contributed by atoms with van der Waals surface area (Å²) in [7, 11) is 0. The number of aromatic nitrogens is 3. The SMILES string of the molecule is O=C(O)[C@@H]1Cc2ccccc2CN1C(=O)Cn1nnc2ccccc21. The topological polar surface area (TPSA) is 88.3 Å². The van der Waals surface area contributed by atoms with Gasteiger partial charge in [-0.05, 0) is 23.3 Å². The van der Waals surface area contributed by atoms with E-state index in [1.165, 1.54) is 9.58 Å². The van der Waals surface area contributed by atoms with Crippen LogP contribution in [0.5, 0.6) is 0 Å². The minimum atomic E-state index is -0.994. The Kier molecular flexibility index (Phi) is 3.68. The average Bonchev–Trinajstić information content (AvgIpc) is 3.03. The maximum atomic E-state index is 12.8. The van der Waals surface area contributed by atoms with E-state index in [9.17, 15) is 14.7 Å². The van der Waals surface area contributed by atoms with E-state index in [0.29, 0.717) is 18.5 Å². The van der Waals surface area contributed by atoms with Gasteiger partial charge < -0.3 is 10.0 Å². The Hall–Kier alpha value is -3.22. The van der Waals surface area contributed by atoms with E-state index < -0.39 is 12.0 Å². The number of carboxylic acids is 1. The fraction of sp³-hybridized carbons (Fsp3) is 0.222. The Bertz CT molecular complexity index is 966. The third-order valence-corrected chi connectivity index (χ3v) is 4.56. The number of carboxylic acid groups (broad SMARTS) is 1. The van der Waals surface area contributed by atoms with Crippen molar-refractivity contribution in [3.63, 3.8) is 0 Å². The summed E-state index contributed by atoms with van der Waals surface area (Å²) in [6.07, 6.45) is 0.315. The number of nitrogens with zero attached hydrogens (tertiary/aromatic N) is 4. The molecule has 126 valence electrons. The Morgan fingerprint density at radius 1 is 1.08 bits per heavy atom. The van der Waals surface area contributed by atoms with E-state index in [0.717, 1.165) is 16.6 Å². The molecule has 1 aromatic heterocycles. The number of aliphatic carboxylic acids is 1. The largest absolute Gasteiger partial charge is 0.480 e. The smallest absolute Gasteiger partial charge is 0.326 e. The molecule has 1 amide bonds. The minimum Gasteiger partial charge on any atom is -0.480 e. The van der Waals surface area contributed by atoms with Gasteiger partial charge in [-0.15, -0.1) is 5.10 Å². The molecule has 2 heterocycles. The second-order valence-corrected chi connectivity index (χ2v) is 6.08. The van der Waals surface area contributed by atoms with Gasteiger partial charge in [-0.25, -0.2) is 9.48 Å². The molecule has 0 saturated carbocycles. The van der Waals surface area contributed by atoms with Crippen LogP contribution in [0.1, 0.15) is 11.1 Å². The van der Waals surface area contributed by atoms with Crippen molar-refractivity contribution in [2.75, 3.05) is 0 Å². The summed E-state index contributed by atoms with van der Waals surface area (Å²) in [5.41, 5.74) is 3.41. The van der Waals surface area contributed by atoms with Crippen LogP contribution in [-0.2, 0) is 29.1 Å². The number of hydrogen-bond acceptors (Lipinski definition) is 4. The molecule has 0 unspecified atom stereocenters. The van der Waals surface area contributed by atoms with Crippen molar-refractivity contribution >= 4 is 22.9 Å². The average molecular weight is 336 g/mol. The number of carbonyl (C=O) groups excluding carboxylic acids is 1. The van der Waals surface area contributed by atoms with Gasteiger partial charge in [0.25, 0.3) is 0 Å². The summed E-state index contributed by atoms with van der Waals surface area (Å²) < 4.78 is 1.51. The molecule has 25 heavy (non-hydrogen) atoms. The van der Waals surface area contributed by atoms with Crippen LogP contribution in [0.2, 0.25) is 0 Å². The normalized spacial score (nSPS) is 16.6. The van der Waals surface area contributed by atoms with Crippen LogP contribution < -0.4 is 0 Å². The molecule has 1 N–H and O–H groups in total. The van der Waals surface area contributed by atoms with Gasteiger partial charge in [0.2, 0.25) is 5.91 Å². The Morgan fingerprint density at radius 2 is 1.80 bits per heavy atom. The van der Waals surface area contributed by atoms with E-state index >= 15 is 0 Å². The first-order valence-corrected chi connectivity index (χ1v) is 8.01. The highest BCUT2D eigenvalue weighted by atomic mass is 16.4. The van der Waals surface area contributed by atoms with Gasteiger partial charge in [0.15, 0.2) is 0 Å². The molecular formula is C18H16N4O3. The van der Waals surface area contributed by atoms with E-state index in [4.69, 9.17) is 0 Å². The van der Waals surface area contributed by atoms with Crippen LogP contribution in [0.3, 0.4) is 0 Å². The molecule has 0 spiro atoms. The number of fused-ring (bicyclic) bond motifs is 2. The molecule has 3 aromatic rings. The summed E-state index contributed by atoms with van der Waals surface area (Å²) >= 11 is 0. The molecule has 0 aliphatic carbocycles. The lowest BCUT2D eigenvalue weighted by Gasteiger charge is -2.34. The molecule has 1 aliphatic rings. The zero-order valence-corrected chi connectivity index (χ0v) is 13.4. The highest BCUT2D eigenvalue weighted by Crippen LogP contribution is 2.24. The van der Waals surface area contributed by atoms with Gasteiger partial charge in [-0.2, -0.15) is 0 Å². The molecule has 0 bridgehead atoms. The zero-order valence-electron chi connectivity index (χ0n) is 13.4. The zero-order chi connectivity index (χ0) is 17.4. The lowest BCUT2D eigenvalue weighted by Crippen LogP contribution is -2.49. The lowest BCUT2D eigenvalue weighted by atomic mass is 9.94. The van der Waals surface area contributed by atoms with Gasteiger partial charge >= 0.3 is 5.97 Å². The monoisotopic (exact) mass is 336 g/mol. The van der Waals surface area contributed by atoms with Crippen LogP contribution in [0.25, 0.3) is 11.0 Å². The van der Waals surface area contributed by atoms with Crippen LogP contribution in [-0.4, -0.2) is 42.9 Å². The standard InChI is InChI=1S/C18H16N4O3/c23-17(11-22-15-8-4-3-7-14(15)19-20-22)21-10-13-6-2-1-5-12(13)9-16(21)18(24)25/h1-8,16H,9-11H2,(H,24,25)/t16-/m0/s1. The highest BCUT2D eigenvalue weighted by molar-refractivity contribution is 5.85. The van der Waals surface area contributed by atoms with E-state index in [2.05, 4.69) is 10.3 Å². The van der Waals surface area contributed by atoms with Gasteiger partial charge in [-0.3, -0.25) is 4.79 Å². The molecule has 2 aromatic carbocycles. The van der Waals surface area contributed by atoms with Crippen LogP contribution in [0, 0.1) is 0 Å². The first kappa shape index (κ1) is 15.3. The van der Waals surface area contributed by atoms with Crippen molar-refractivity contribution in [3.05, 3.63) is 59.7 Å². The van der Waals surface area contributed by atoms with E-state index in [1.807, 2.05) is 48.5 Å². The van der Waals surface area contributed by atoms with Crippen LogP contribution >= 0.6 is 0 Å². The lowest BCUT2D eigenvalue weighted by molar-refractivity contribution is -0.151. The first-order valence-electron chi connectivity index (χ1n) is 8.01. The summed E-state index contributed by atoms with van der Waals surface area (Å²) in [5, 5.41) is 17.6. The number of amides is 1. The number of benzene rings is 2. The van der Waals surface area contributed by atoms with Crippen molar-refractivity contribution in [1.82, 2.24) is 19.9 Å². The second kappa shape index (κ2) is 6.01. The fourth-order valence-corrected chi connectivity index (χ4v) is 3.26. The molecular weight excluding hydrogens is 320 g/mol. The molecule has 7 nitrogen and oxygen atoms in total. The fourth-order valence-electron chi connectivity index (χ4n) is 3.26. The minimum absolute atomic E-state index is 0.0353. The van der Waals surface area contributed by atoms with Gasteiger partial charge in [-0.1, -0.05) is 41.6 Å². The predicted octanol–water partition coefficient (Wildman–Crippen LogP) is 1.47. The summed E-state index contributed by atoms with van der Waals surface area (Å²) in [6, 6.07) is 14.1. The maximum absolute atomic E-state index is 12.8. The van der Waals surface area contributed by atoms with Crippen molar-refractivity contribution in [1.29, 1.82) is 0 Å². The Labute approximate surface area is 143 Å². The van der Waals surface area contributed by atoms with Crippen molar-refractivity contribution < 1.29 is 14.7 Å². The van der Waals surface area contributed by atoms with Gasteiger partial charge in [0.05, 0.1) is 5.52 Å². The quantitative estimate of drug-likeness (QED) is 0.782. The third-order valence-electron chi connectivity index (χ3n) is 4.56. The number of para-hydroxylation sites is 1. The number of carbonyl (C=O) groups is 2. The summed E-state index contributed by atoms with van der Waals surface area (Å²) in [6.45, 7) is 0.255. The second-order valence-electron chi connectivity index (χ2n) is 6.08. The molecule has 4 rings (SSSR count). The predicted molar refractivity (Wildman–Crippen MR) is 89.6 cm³/mol. The molecule has 7 heteroatoms. The molecule has 1 aliphatic heterocycles. The van der Waals surface area contributed by atoms with Crippen LogP contribution in [0.15, 0.2) is 48.5 Å². The van der Waals surface area contributed by atoms with Gasteiger partial charge in [0, 0.05) is 13.0 Å². The molecule has 0 saturated heterocycles. The van der Waals surface area contributed by atoms with E-state index in [1.54, 1.807) is 0 Å². The Morgan fingerprint density at radius 3 is 2.60 bits per heavy atom. The summed E-state index contributed by atoms with van der Waals surface area (Å²) in [4.78, 5) is 25.9. The van der Waals surface area contributed by atoms with Crippen molar-refractivity contribution in [2.24, 2.45) is 0 Å². The Balaban J connectivity index is 1.63. The molecule has 1 atom stereocenters. The number of hydrogen-bond donors (Lipinski definition) is 1. The van der Waals surface area contributed by atoms with Gasteiger partial charge in [0.1, 0.15) is 18.1 Å². The third kappa shape index (κ3) is 2.73. The summed E-state index contributed by atoms with van der Waals surface area (Å²) in [5.74, 6) is -1.27. The van der Waals surface area contributed by atoms with Crippen LogP contribution in [0.4, 0.5) is 0 Å². The first-order chi connectivity index (χ1) is 12.1. The highest BCUT2D eigenvalue weighted by Gasteiger charge is 2.34. The molecule has 0 fully saturated rings. The molecule has 0 radical (unpaired) electrons. The van der Waals surface area contributed by atoms with Crippen molar-refractivity contribution in [2.45, 2.75) is 25.6 Å².